The summed E-state index contributed by atoms with van der Waals surface area (Å²) in [7, 11) is 0. The van der Waals surface area contributed by atoms with Gasteiger partial charge in [0.15, 0.2) is 0 Å². The van der Waals surface area contributed by atoms with Crippen molar-refractivity contribution in [3.63, 3.8) is 0 Å². The number of hydrogen-bond donors (Lipinski definition) is 3. The quantitative estimate of drug-likeness (QED) is 0.653. The average Bonchev–Trinajstić information content (AvgIpc) is 2.88. The van der Waals surface area contributed by atoms with E-state index in [0.717, 1.165) is 17.7 Å². The topological polar surface area (TPSA) is 102 Å². The molecule has 0 aliphatic heterocycles. The van der Waals surface area contributed by atoms with Crippen molar-refractivity contribution in [2.24, 2.45) is 5.73 Å². The van der Waals surface area contributed by atoms with Crippen molar-refractivity contribution < 1.29 is 19.4 Å². The number of aliphatic hydroxyl groups is 1. The maximum absolute atomic E-state index is 12.2. The molecule has 30 heavy (non-hydrogen) atoms. The summed E-state index contributed by atoms with van der Waals surface area (Å²) in [5, 5.41) is 11.5. The third-order valence-corrected chi connectivity index (χ3v) is 5.79. The van der Waals surface area contributed by atoms with Crippen LogP contribution in [-0.2, 0) is 22.2 Å². The first-order valence-electron chi connectivity index (χ1n) is 10.1. The minimum absolute atomic E-state index is 0.116. The van der Waals surface area contributed by atoms with Crippen molar-refractivity contribution in [2.75, 3.05) is 6.61 Å². The average molecular weight is 411 g/mol. The molecule has 0 radical (unpaired) electrons. The molecule has 2 aromatic carbocycles. The molecule has 1 atom stereocenters. The summed E-state index contributed by atoms with van der Waals surface area (Å²) >= 11 is 0. The van der Waals surface area contributed by atoms with Gasteiger partial charge >= 0.3 is 0 Å². The van der Waals surface area contributed by atoms with E-state index in [4.69, 9.17) is 15.6 Å². The standard InChI is InChI=1S/C24H30N2O4/c1-23(2)14-24(3,4)19-11-17(9-10-18(19)23)30-13-15-5-7-16(8-6-15)22(29)26-20(12-27)21(25)28/h5-11,20,27H,12-14H2,1-4H3,(H2,25,28)(H,26,29). The van der Waals surface area contributed by atoms with E-state index in [9.17, 15) is 9.59 Å². The van der Waals surface area contributed by atoms with Crippen LogP contribution in [-0.4, -0.2) is 29.6 Å². The largest absolute Gasteiger partial charge is 0.489 e. The first-order valence-corrected chi connectivity index (χ1v) is 10.1. The lowest BCUT2D eigenvalue weighted by atomic mass is 9.82. The Morgan fingerprint density at radius 3 is 2.30 bits per heavy atom. The second-order valence-corrected chi connectivity index (χ2v) is 9.25. The first kappa shape index (κ1) is 21.8. The summed E-state index contributed by atoms with van der Waals surface area (Å²) in [5.41, 5.74) is 9.42. The van der Waals surface area contributed by atoms with Crippen molar-refractivity contribution in [2.45, 2.75) is 57.6 Å². The van der Waals surface area contributed by atoms with Crippen LogP contribution in [0.15, 0.2) is 42.5 Å². The molecule has 0 bridgehead atoms. The van der Waals surface area contributed by atoms with E-state index < -0.39 is 24.5 Å². The normalized spacial score (nSPS) is 17.1. The fourth-order valence-corrected chi connectivity index (χ4v) is 4.43. The predicted molar refractivity (Wildman–Crippen MR) is 115 cm³/mol. The summed E-state index contributed by atoms with van der Waals surface area (Å²) in [5.74, 6) is -0.422. The van der Waals surface area contributed by atoms with Gasteiger partial charge in [0.25, 0.3) is 5.91 Å². The van der Waals surface area contributed by atoms with E-state index in [2.05, 4.69) is 45.1 Å². The maximum Gasteiger partial charge on any atom is 0.251 e. The first-order chi connectivity index (χ1) is 14.0. The summed E-state index contributed by atoms with van der Waals surface area (Å²) in [4.78, 5) is 23.3. The lowest BCUT2D eigenvalue weighted by Crippen LogP contribution is -2.46. The van der Waals surface area contributed by atoms with Gasteiger partial charge in [-0.3, -0.25) is 9.59 Å². The Kier molecular flexibility index (Phi) is 5.90. The number of rotatable bonds is 7. The summed E-state index contributed by atoms with van der Waals surface area (Å²) < 4.78 is 6.00. The molecule has 2 aromatic rings. The summed E-state index contributed by atoms with van der Waals surface area (Å²) in [6.07, 6.45) is 1.11. The number of benzene rings is 2. The number of amides is 2. The fourth-order valence-electron chi connectivity index (χ4n) is 4.43. The van der Waals surface area contributed by atoms with Crippen LogP contribution in [0.2, 0.25) is 0 Å². The third kappa shape index (κ3) is 4.49. The highest BCUT2D eigenvalue weighted by molar-refractivity contribution is 5.97. The molecule has 160 valence electrons. The van der Waals surface area contributed by atoms with Crippen LogP contribution in [0, 0.1) is 0 Å². The second kappa shape index (κ2) is 8.11. The van der Waals surface area contributed by atoms with Crippen LogP contribution in [0.5, 0.6) is 5.75 Å². The van der Waals surface area contributed by atoms with Gasteiger partial charge in [-0.25, -0.2) is 0 Å². The monoisotopic (exact) mass is 410 g/mol. The van der Waals surface area contributed by atoms with Gasteiger partial charge in [-0.2, -0.15) is 0 Å². The molecule has 0 spiro atoms. The molecule has 3 rings (SSSR count). The Labute approximate surface area is 177 Å². The Morgan fingerprint density at radius 2 is 1.70 bits per heavy atom. The van der Waals surface area contributed by atoms with Crippen molar-refractivity contribution in [3.8, 4) is 5.75 Å². The number of nitrogens with one attached hydrogen (secondary N) is 1. The molecule has 0 aromatic heterocycles. The molecular weight excluding hydrogens is 380 g/mol. The molecule has 4 N–H and O–H groups in total. The number of nitrogens with two attached hydrogens (primary N) is 1. The van der Waals surface area contributed by atoms with Crippen LogP contribution in [0.4, 0.5) is 0 Å². The molecule has 6 heteroatoms. The lowest BCUT2D eigenvalue weighted by molar-refractivity contribution is -0.120. The zero-order valence-corrected chi connectivity index (χ0v) is 18.0. The maximum atomic E-state index is 12.2. The minimum Gasteiger partial charge on any atom is -0.489 e. The molecule has 2 amide bonds. The molecule has 0 fully saturated rings. The summed E-state index contributed by atoms with van der Waals surface area (Å²) in [6, 6.07) is 12.1. The number of carbonyl (C=O) groups is 2. The highest BCUT2D eigenvalue weighted by Crippen LogP contribution is 2.50. The van der Waals surface area contributed by atoms with Crippen molar-refractivity contribution in [3.05, 3.63) is 64.7 Å². The van der Waals surface area contributed by atoms with E-state index in [1.807, 2.05) is 6.07 Å². The van der Waals surface area contributed by atoms with Gasteiger partial charge in [-0.15, -0.1) is 0 Å². The molecule has 1 aliphatic rings. The van der Waals surface area contributed by atoms with Gasteiger partial charge in [-0.1, -0.05) is 45.9 Å². The Morgan fingerprint density at radius 1 is 1.07 bits per heavy atom. The molecular formula is C24H30N2O4. The van der Waals surface area contributed by atoms with Crippen molar-refractivity contribution in [1.29, 1.82) is 0 Å². The Hall–Kier alpha value is -2.86. The summed E-state index contributed by atoms with van der Waals surface area (Å²) in [6.45, 7) is 8.95. The molecule has 0 saturated heterocycles. The SMILES string of the molecule is CC1(C)CC(C)(C)c2cc(OCc3ccc(C(=O)NC(CO)C(N)=O)cc3)ccc21. The Bertz CT molecular complexity index is 948. The van der Waals surface area contributed by atoms with E-state index in [0.29, 0.717) is 12.2 Å². The van der Waals surface area contributed by atoms with Crippen LogP contribution in [0.3, 0.4) is 0 Å². The molecule has 1 unspecified atom stereocenters. The third-order valence-electron chi connectivity index (χ3n) is 5.79. The zero-order valence-electron chi connectivity index (χ0n) is 18.0. The van der Waals surface area contributed by atoms with E-state index in [1.54, 1.807) is 24.3 Å². The number of primary amides is 1. The highest BCUT2D eigenvalue weighted by atomic mass is 16.5. The number of carbonyl (C=O) groups excluding carboxylic acids is 2. The molecule has 6 nitrogen and oxygen atoms in total. The fraction of sp³-hybridized carbons (Fsp3) is 0.417. The number of hydrogen-bond acceptors (Lipinski definition) is 4. The molecule has 0 saturated carbocycles. The van der Waals surface area contributed by atoms with Gasteiger partial charge < -0.3 is 20.9 Å². The van der Waals surface area contributed by atoms with E-state index in [-0.39, 0.29) is 10.8 Å². The van der Waals surface area contributed by atoms with Crippen LogP contribution in [0.25, 0.3) is 0 Å². The number of ether oxygens (including phenoxy) is 1. The van der Waals surface area contributed by atoms with Crippen LogP contribution in [0.1, 0.15) is 61.2 Å². The van der Waals surface area contributed by atoms with Crippen LogP contribution < -0.4 is 15.8 Å². The Balaban J connectivity index is 1.65. The number of fused-ring (bicyclic) bond motifs is 1. The van der Waals surface area contributed by atoms with E-state index in [1.165, 1.54) is 11.1 Å². The highest BCUT2D eigenvalue weighted by Gasteiger charge is 2.41. The second-order valence-electron chi connectivity index (χ2n) is 9.25. The molecule has 0 heterocycles. The van der Waals surface area contributed by atoms with Gasteiger partial charge in [-0.05, 0) is 58.2 Å². The number of aliphatic hydroxyl groups excluding tert-OH is 1. The van der Waals surface area contributed by atoms with Gasteiger partial charge in [0, 0.05) is 5.56 Å². The van der Waals surface area contributed by atoms with Crippen molar-refractivity contribution >= 4 is 11.8 Å². The van der Waals surface area contributed by atoms with Gasteiger partial charge in [0.05, 0.1) is 6.61 Å². The lowest BCUT2D eigenvalue weighted by Gasteiger charge is -2.22. The van der Waals surface area contributed by atoms with E-state index >= 15 is 0 Å². The minimum atomic E-state index is -1.10. The van der Waals surface area contributed by atoms with Gasteiger partial charge in [0.2, 0.25) is 5.91 Å². The smallest absolute Gasteiger partial charge is 0.251 e. The predicted octanol–water partition coefficient (Wildman–Crippen LogP) is 2.80. The molecule has 1 aliphatic carbocycles. The van der Waals surface area contributed by atoms with Gasteiger partial charge in [0.1, 0.15) is 18.4 Å². The zero-order chi connectivity index (χ0) is 22.1. The van der Waals surface area contributed by atoms with Crippen molar-refractivity contribution in [1.82, 2.24) is 5.32 Å². The van der Waals surface area contributed by atoms with Crippen LogP contribution >= 0.6 is 0 Å².